The summed E-state index contributed by atoms with van der Waals surface area (Å²) in [7, 11) is 1.33. The van der Waals surface area contributed by atoms with Crippen molar-refractivity contribution in [1.82, 2.24) is 5.32 Å². The summed E-state index contributed by atoms with van der Waals surface area (Å²) in [5.41, 5.74) is 2.48. The largest absolute Gasteiger partial charge is 0.369 e. The minimum absolute atomic E-state index is 0.616. The van der Waals surface area contributed by atoms with Crippen LogP contribution in [0.25, 0.3) is 0 Å². The molecule has 0 bridgehead atoms. The number of halogens is 1. The van der Waals surface area contributed by atoms with Gasteiger partial charge in [-0.1, -0.05) is 6.07 Å². The van der Waals surface area contributed by atoms with Crippen LogP contribution in [0.5, 0.6) is 0 Å². The first kappa shape index (κ1) is 13.1. The molecule has 0 aromatic heterocycles. The maximum Gasteiger partial charge on any atom is 0.0511 e. The molecule has 0 unspecified atom stereocenters. The van der Waals surface area contributed by atoms with Gasteiger partial charge in [-0.05, 0) is 40.7 Å². The molecule has 1 aliphatic heterocycles. The van der Waals surface area contributed by atoms with E-state index in [0.29, 0.717) is 0 Å². The molecule has 0 atom stereocenters. The molecule has 1 heterocycles. The van der Waals surface area contributed by atoms with Crippen molar-refractivity contribution in [2.24, 2.45) is 0 Å². The average molecular weight is 317 g/mol. The van der Waals surface area contributed by atoms with E-state index in [0.717, 1.165) is 35.6 Å². The molecule has 0 aliphatic carbocycles. The third-order valence-electron chi connectivity index (χ3n) is 2.91. The van der Waals surface area contributed by atoms with Crippen LogP contribution in [0, 0.1) is 0 Å². The fraction of sp³-hybridized carbons (Fsp3) is 0.500. The van der Waals surface area contributed by atoms with E-state index in [4.69, 9.17) is 0 Å². The van der Waals surface area contributed by atoms with Crippen molar-refractivity contribution in [2.75, 3.05) is 36.5 Å². The Hall–Kier alpha value is -0.390. The second-order valence-electron chi connectivity index (χ2n) is 4.15. The van der Waals surface area contributed by atoms with Gasteiger partial charge in [0.2, 0.25) is 0 Å². The zero-order chi connectivity index (χ0) is 12.3. The van der Waals surface area contributed by atoms with Crippen molar-refractivity contribution in [2.45, 2.75) is 6.54 Å². The third kappa shape index (κ3) is 3.30. The Kier molecular flexibility index (Phi) is 4.59. The van der Waals surface area contributed by atoms with Crippen LogP contribution in [-0.4, -0.2) is 35.9 Å². The van der Waals surface area contributed by atoms with Crippen LogP contribution in [0.4, 0.5) is 5.69 Å². The van der Waals surface area contributed by atoms with Gasteiger partial charge in [0.25, 0.3) is 0 Å². The van der Waals surface area contributed by atoms with Crippen LogP contribution in [0.15, 0.2) is 22.7 Å². The Balaban J connectivity index is 2.13. The summed E-state index contributed by atoms with van der Waals surface area (Å²) in [5, 5.41) is 3.14. The second kappa shape index (κ2) is 5.98. The highest BCUT2D eigenvalue weighted by molar-refractivity contribution is 9.10. The molecule has 17 heavy (non-hydrogen) atoms. The number of hydrogen-bond acceptors (Lipinski definition) is 3. The standard InChI is InChI=1S/C12H17BrN2OS/c1-14-9-10-2-3-12(11(13)8-10)15-4-6-17(16)7-5-15/h2-3,8,14H,4-7,9H2,1H3. The van der Waals surface area contributed by atoms with Crippen LogP contribution < -0.4 is 10.2 Å². The summed E-state index contributed by atoms with van der Waals surface area (Å²) in [6.45, 7) is 2.65. The molecule has 1 N–H and O–H groups in total. The number of hydrogen-bond donors (Lipinski definition) is 1. The molecule has 94 valence electrons. The summed E-state index contributed by atoms with van der Waals surface area (Å²) < 4.78 is 12.5. The molecular formula is C12H17BrN2OS. The number of nitrogens with one attached hydrogen (secondary N) is 1. The third-order valence-corrected chi connectivity index (χ3v) is 4.82. The van der Waals surface area contributed by atoms with E-state index >= 15 is 0 Å². The molecule has 0 spiro atoms. The van der Waals surface area contributed by atoms with Gasteiger partial charge in [0.05, 0.1) is 5.69 Å². The van der Waals surface area contributed by atoms with E-state index in [2.05, 4.69) is 44.3 Å². The lowest BCUT2D eigenvalue weighted by Crippen LogP contribution is -2.37. The van der Waals surface area contributed by atoms with E-state index in [9.17, 15) is 4.21 Å². The van der Waals surface area contributed by atoms with E-state index in [1.807, 2.05) is 7.05 Å². The number of benzene rings is 1. The average Bonchev–Trinajstić information content (AvgIpc) is 2.31. The zero-order valence-corrected chi connectivity index (χ0v) is 12.3. The van der Waals surface area contributed by atoms with Gasteiger partial charge in [-0.3, -0.25) is 4.21 Å². The second-order valence-corrected chi connectivity index (χ2v) is 6.70. The van der Waals surface area contributed by atoms with E-state index in [1.54, 1.807) is 0 Å². The molecule has 5 heteroatoms. The Bertz CT molecular complexity index is 415. The fourth-order valence-corrected chi connectivity index (χ4v) is 3.73. The fourth-order valence-electron chi connectivity index (χ4n) is 2.00. The topological polar surface area (TPSA) is 32.3 Å². The lowest BCUT2D eigenvalue weighted by molar-refractivity contribution is 0.673. The number of anilines is 1. The zero-order valence-electron chi connectivity index (χ0n) is 9.91. The normalized spacial score (nSPS) is 17.4. The van der Waals surface area contributed by atoms with Crippen LogP contribution in [0.1, 0.15) is 5.56 Å². The summed E-state index contributed by atoms with van der Waals surface area (Å²) in [5.74, 6) is 1.56. The first-order valence-electron chi connectivity index (χ1n) is 5.73. The van der Waals surface area contributed by atoms with Crippen molar-refractivity contribution in [3.63, 3.8) is 0 Å². The monoisotopic (exact) mass is 316 g/mol. The SMILES string of the molecule is CNCc1ccc(N2CCS(=O)CC2)c(Br)c1. The van der Waals surface area contributed by atoms with Gasteiger partial charge in [-0.2, -0.15) is 0 Å². The Morgan fingerprint density at radius 2 is 2.12 bits per heavy atom. The molecule has 1 aromatic carbocycles. The first-order chi connectivity index (χ1) is 8.20. The molecule has 1 aromatic rings. The lowest BCUT2D eigenvalue weighted by atomic mass is 10.2. The van der Waals surface area contributed by atoms with Gasteiger partial charge in [0.1, 0.15) is 0 Å². The molecule has 0 radical (unpaired) electrons. The van der Waals surface area contributed by atoms with Crippen LogP contribution in [0.3, 0.4) is 0 Å². The van der Waals surface area contributed by atoms with Gasteiger partial charge >= 0.3 is 0 Å². The molecule has 1 fully saturated rings. The van der Waals surface area contributed by atoms with E-state index < -0.39 is 10.8 Å². The maximum absolute atomic E-state index is 11.3. The molecule has 2 rings (SSSR count). The molecule has 0 saturated carbocycles. The number of rotatable bonds is 3. The van der Waals surface area contributed by atoms with Gasteiger partial charge in [0.15, 0.2) is 0 Å². The molecule has 1 saturated heterocycles. The highest BCUT2D eigenvalue weighted by Gasteiger charge is 2.17. The summed E-state index contributed by atoms with van der Waals surface area (Å²) in [4.78, 5) is 2.30. The Labute approximate surface area is 113 Å². The quantitative estimate of drug-likeness (QED) is 0.922. The van der Waals surface area contributed by atoms with Crippen LogP contribution in [0.2, 0.25) is 0 Å². The Morgan fingerprint density at radius 3 is 2.71 bits per heavy atom. The van der Waals surface area contributed by atoms with E-state index in [-0.39, 0.29) is 0 Å². The highest BCUT2D eigenvalue weighted by atomic mass is 79.9. The summed E-state index contributed by atoms with van der Waals surface area (Å²) in [6, 6.07) is 6.44. The minimum atomic E-state index is -0.616. The maximum atomic E-state index is 11.3. The number of nitrogens with zero attached hydrogens (tertiary/aromatic N) is 1. The lowest BCUT2D eigenvalue weighted by Gasteiger charge is -2.29. The van der Waals surface area contributed by atoms with Crippen LogP contribution >= 0.6 is 15.9 Å². The smallest absolute Gasteiger partial charge is 0.0511 e. The van der Waals surface area contributed by atoms with Gasteiger partial charge in [0, 0.05) is 46.4 Å². The predicted molar refractivity (Wildman–Crippen MR) is 77.0 cm³/mol. The molecule has 3 nitrogen and oxygen atoms in total. The Morgan fingerprint density at radius 1 is 1.41 bits per heavy atom. The van der Waals surface area contributed by atoms with Crippen LogP contribution in [-0.2, 0) is 17.3 Å². The highest BCUT2D eigenvalue weighted by Crippen LogP contribution is 2.28. The van der Waals surface area contributed by atoms with Crippen molar-refractivity contribution < 1.29 is 4.21 Å². The molecule has 1 aliphatic rings. The first-order valence-corrected chi connectivity index (χ1v) is 8.02. The summed E-state index contributed by atoms with van der Waals surface area (Å²) in [6.07, 6.45) is 0. The van der Waals surface area contributed by atoms with Crippen molar-refractivity contribution in [3.05, 3.63) is 28.2 Å². The summed E-state index contributed by atoms with van der Waals surface area (Å²) >= 11 is 3.62. The molecular weight excluding hydrogens is 300 g/mol. The minimum Gasteiger partial charge on any atom is -0.369 e. The van der Waals surface area contributed by atoms with Crippen molar-refractivity contribution >= 4 is 32.4 Å². The van der Waals surface area contributed by atoms with Gasteiger partial charge < -0.3 is 10.2 Å². The van der Waals surface area contributed by atoms with Crippen molar-refractivity contribution in [3.8, 4) is 0 Å². The van der Waals surface area contributed by atoms with Crippen molar-refractivity contribution in [1.29, 1.82) is 0 Å². The van der Waals surface area contributed by atoms with Gasteiger partial charge in [-0.15, -0.1) is 0 Å². The van der Waals surface area contributed by atoms with E-state index in [1.165, 1.54) is 11.3 Å². The van der Waals surface area contributed by atoms with Gasteiger partial charge in [-0.25, -0.2) is 0 Å². The molecule has 0 amide bonds. The predicted octanol–water partition coefficient (Wildman–Crippen LogP) is 1.74.